The fourth-order valence-corrected chi connectivity index (χ4v) is 2.41. The number of carbonyl (C=O) groups is 1. The zero-order valence-electron chi connectivity index (χ0n) is 12.9. The summed E-state index contributed by atoms with van der Waals surface area (Å²) in [6.45, 7) is 1.43. The first kappa shape index (κ1) is 16.0. The smallest absolute Gasteiger partial charge is 0.121 e. The normalized spacial score (nSPS) is 13.6. The predicted molar refractivity (Wildman–Crippen MR) is 93.7 cm³/mol. The Balaban J connectivity index is 0.000000309. The highest BCUT2D eigenvalue weighted by Gasteiger charge is 2.10. The molecule has 1 aliphatic heterocycles. The number of nitrogens with zero attached hydrogens (tertiary/aromatic N) is 1. The van der Waals surface area contributed by atoms with Crippen LogP contribution in [-0.2, 0) is 11.3 Å². The monoisotopic (exact) mass is 294 g/mol. The molecule has 3 heteroatoms. The van der Waals surface area contributed by atoms with Crippen molar-refractivity contribution in [1.82, 2.24) is 0 Å². The van der Waals surface area contributed by atoms with Gasteiger partial charge in [0.1, 0.15) is 6.29 Å². The Morgan fingerprint density at radius 3 is 2.36 bits per heavy atom. The second kappa shape index (κ2) is 8.15. The van der Waals surface area contributed by atoms with Crippen LogP contribution in [0.5, 0.6) is 0 Å². The van der Waals surface area contributed by atoms with Crippen molar-refractivity contribution < 1.29 is 4.79 Å². The Labute approximate surface area is 132 Å². The molecule has 2 aromatic carbocycles. The molecule has 0 atom stereocenters. The molecule has 0 aromatic heterocycles. The molecule has 0 bridgehead atoms. The molecule has 3 rings (SSSR count). The van der Waals surface area contributed by atoms with Gasteiger partial charge in [-0.1, -0.05) is 54.6 Å². The van der Waals surface area contributed by atoms with E-state index in [-0.39, 0.29) is 0 Å². The van der Waals surface area contributed by atoms with Gasteiger partial charge in [-0.05, 0) is 29.3 Å². The zero-order valence-corrected chi connectivity index (χ0v) is 12.9. The summed E-state index contributed by atoms with van der Waals surface area (Å²) in [5, 5.41) is 0. The van der Waals surface area contributed by atoms with Crippen molar-refractivity contribution in [2.75, 3.05) is 18.5 Å². The van der Waals surface area contributed by atoms with E-state index in [0.717, 1.165) is 12.8 Å². The fourth-order valence-electron chi connectivity index (χ4n) is 2.41. The zero-order chi connectivity index (χ0) is 15.8. The molecule has 0 spiro atoms. The minimum Gasteiger partial charge on any atom is -0.370 e. The summed E-state index contributed by atoms with van der Waals surface area (Å²) in [5.74, 6) is 0. The Hall–Kier alpha value is -2.39. The number of hydrogen-bond acceptors (Lipinski definition) is 3. The SMILES string of the molecule is CN1Cc2ccccc2/C=C\c2ccccc21.NCCC=O. The maximum atomic E-state index is 9.32. The maximum absolute atomic E-state index is 9.32. The summed E-state index contributed by atoms with van der Waals surface area (Å²) in [6, 6.07) is 17.1. The molecule has 2 aromatic rings. The second-order valence-corrected chi connectivity index (χ2v) is 5.19. The van der Waals surface area contributed by atoms with E-state index < -0.39 is 0 Å². The van der Waals surface area contributed by atoms with E-state index in [2.05, 4.69) is 72.6 Å². The topological polar surface area (TPSA) is 46.3 Å². The van der Waals surface area contributed by atoms with Crippen molar-refractivity contribution in [3.8, 4) is 0 Å². The van der Waals surface area contributed by atoms with E-state index in [1.165, 1.54) is 22.4 Å². The average molecular weight is 294 g/mol. The lowest BCUT2D eigenvalue weighted by Gasteiger charge is -2.24. The van der Waals surface area contributed by atoms with Gasteiger partial charge in [-0.25, -0.2) is 0 Å². The number of anilines is 1. The summed E-state index contributed by atoms with van der Waals surface area (Å²) in [5.41, 5.74) is 10.2. The van der Waals surface area contributed by atoms with Crippen LogP contribution in [0.25, 0.3) is 12.2 Å². The molecule has 2 N–H and O–H groups in total. The Morgan fingerprint density at radius 1 is 1.05 bits per heavy atom. The minimum absolute atomic E-state index is 0.476. The number of carbonyl (C=O) groups excluding carboxylic acids is 1. The number of benzene rings is 2. The lowest BCUT2D eigenvalue weighted by Crippen LogP contribution is -2.18. The molecule has 0 amide bonds. The van der Waals surface area contributed by atoms with Gasteiger partial charge in [0.05, 0.1) is 0 Å². The van der Waals surface area contributed by atoms with Gasteiger partial charge in [-0.15, -0.1) is 0 Å². The molecule has 0 saturated carbocycles. The molecule has 1 heterocycles. The van der Waals surface area contributed by atoms with Crippen LogP contribution in [-0.4, -0.2) is 19.9 Å². The van der Waals surface area contributed by atoms with E-state index in [0.29, 0.717) is 13.0 Å². The van der Waals surface area contributed by atoms with E-state index in [4.69, 9.17) is 5.73 Å². The number of rotatable bonds is 2. The number of para-hydroxylation sites is 1. The molecule has 0 fully saturated rings. The molecule has 0 unspecified atom stereocenters. The van der Waals surface area contributed by atoms with Crippen LogP contribution in [0.3, 0.4) is 0 Å². The van der Waals surface area contributed by atoms with Crippen molar-refractivity contribution in [1.29, 1.82) is 0 Å². The van der Waals surface area contributed by atoms with Crippen LogP contribution in [0.4, 0.5) is 5.69 Å². The van der Waals surface area contributed by atoms with E-state index in [1.54, 1.807) is 0 Å². The molecule has 1 aliphatic rings. The van der Waals surface area contributed by atoms with Gasteiger partial charge in [0, 0.05) is 25.7 Å². The quantitative estimate of drug-likeness (QED) is 0.864. The standard InChI is InChI=1S/C16H15N.C3H7NO/c1-17-12-15-8-3-2-6-13(15)10-11-14-7-4-5-9-16(14)17;4-2-1-3-5/h2-11H,12H2,1H3;3H,1-2,4H2/b11-10-;. The highest BCUT2D eigenvalue weighted by molar-refractivity contribution is 5.79. The third kappa shape index (κ3) is 4.06. The fraction of sp³-hybridized carbons (Fsp3) is 0.211. The highest BCUT2D eigenvalue weighted by Crippen LogP contribution is 2.27. The first-order valence-electron chi connectivity index (χ1n) is 7.46. The number of aldehydes is 1. The van der Waals surface area contributed by atoms with Crippen LogP contribution in [0, 0.1) is 0 Å². The summed E-state index contributed by atoms with van der Waals surface area (Å²) in [7, 11) is 2.15. The van der Waals surface area contributed by atoms with Gasteiger partial charge < -0.3 is 15.4 Å². The minimum atomic E-state index is 0.476. The van der Waals surface area contributed by atoms with Gasteiger partial charge in [0.15, 0.2) is 0 Å². The number of nitrogens with two attached hydrogens (primary N) is 1. The lowest BCUT2D eigenvalue weighted by molar-refractivity contribution is -0.107. The molecule has 22 heavy (non-hydrogen) atoms. The van der Waals surface area contributed by atoms with Crippen LogP contribution in [0.15, 0.2) is 48.5 Å². The lowest BCUT2D eigenvalue weighted by atomic mass is 10.0. The van der Waals surface area contributed by atoms with E-state index in [9.17, 15) is 4.79 Å². The Morgan fingerprint density at radius 2 is 1.68 bits per heavy atom. The highest BCUT2D eigenvalue weighted by atomic mass is 16.1. The van der Waals surface area contributed by atoms with Crippen molar-refractivity contribution in [3.63, 3.8) is 0 Å². The van der Waals surface area contributed by atoms with Crippen molar-refractivity contribution in [2.45, 2.75) is 13.0 Å². The third-order valence-corrected chi connectivity index (χ3v) is 3.54. The second-order valence-electron chi connectivity index (χ2n) is 5.19. The number of hydrogen-bond donors (Lipinski definition) is 1. The van der Waals surface area contributed by atoms with Crippen LogP contribution >= 0.6 is 0 Å². The molecule has 3 nitrogen and oxygen atoms in total. The van der Waals surface area contributed by atoms with Gasteiger partial charge in [-0.3, -0.25) is 0 Å². The largest absolute Gasteiger partial charge is 0.370 e. The van der Waals surface area contributed by atoms with Crippen molar-refractivity contribution in [2.24, 2.45) is 5.73 Å². The summed E-state index contributed by atoms with van der Waals surface area (Å²) in [6.07, 6.45) is 5.70. The van der Waals surface area contributed by atoms with Crippen molar-refractivity contribution >= 4 is 24.1 Å². The average Bonchev–Trinajstić information content (AvgIpc) is 2.54. The van der Waals surface area contributed by atoms with Crippen LogP contribution < -0.4 is 10.6 Å². The molecule has 114 valence electrons. The predicted octanol–water partition coefficient (Wildman–Crippen LogP) is 3.34. The van der Waals surface area contributed by atoms with Crippen LogP contribution in [0.2, 0.25) is 0 Å². The van der Waals surface area contributed by atoms with E-state index >= 15 is 0 Å². The maximum Gasteiger partial charge on any atom is 0.121 e. The summed E-state index contributed by atoms with van der Waals surface area (Å²) < 4.78 is 0. The first-order valence-corrected chi connectivity index (χ1v) is 7.46. The molecule has 0 saturated heterocycles. The van der Waals surface area contributed by atoms with Gasteiger partial charge in [-0.2, -0.15) is 0 Å². The first-order chi connectivity index (χ1) is 10.8. The molecular formula is C19H22N2O. The third-order valence-electron chi connectivity index (χ3n) is 3.54. The van der Waals surface area contributed by atoms with Crippen molar-refractivity contribution in [3.05, 3.63) is 65.2 Å². The number of fused-ring (bicyclic) bond motifs is 2. The molecular weight excluding hydrogens is 272 g/mol. The van der Waals surface area contributed by atoms with Gasteiger partial charge in [0.2, 0.25) is 0 Å². The Kier molecular flexibility index (Phi) is 5.92. The summed E-state index contributed by atoms with van der Waals surface area (Å²) >= 11 is 0. The van der Waals surface area contributed by atoms with Crippen LogP contribution in [0.1, 0.15) is 23.1 Å². The van der Waals surface area contributed by atoms with Gasteiger partial charge in [0.25, 0.3) is 0 Å². The molecule has 0 radical (unpaired) electrons. The molecule has 0 aliphatic carbocycles. The van der Waals surface area contributed by atoms with Gasteiger partial charge >= 0.3 is 0 Å². The summed E-state index contributed by atoms with van der Waals surface area (Å²) in [4.78, 5) is 11.6. The van der Waals surface area contributed by atoms with E-state index in [1.807, 2.05) is 0 Å². The Bertz CT molecular complexity index is 649.